The number of rotatable bonds is 7. The molecule has 0 fully saturated rings. The zero-order valence-corrected chi connectivity index (χ0v) is 16.5. The number of benzene rings is 2. The molecule has 140 valence electrons. The normalized spacial score (nSPS) is 11.1. The molecule has 5 heteroatoms. The average molecular weight is 382 g/mol. The fourth-order valence-corrected chi connectivity index (χ4v) is 3.40. The minimum Gasteiger partial charge on any atom is -0.325 e. The van der Waals surface area contributed by atoms with Crippen molar-refractivity contribution in [1.29, 1.82) is 0 Å². The number of hydrogen-bond acceptors (Lipinski definition) is 3. The number of para-hydroxylation sites is 1. The molecule has 27 heavy (non-hydrogen) atoms. The number of nitrogens with one attached hydrogen (secondary N) is 1. The molecule has 1 amide bonds. The highest BCUT2D eigenvalue weighted by Crippen LogP contribution is 2.26. The number of amides is 1. The number of aromatic nitrogens is 1. The molecule has 0 atom stereocenters. The number of anilines is 1. The Morgan fingerprint density at radius 1 is 1.15 bits per heavy atom. The van der Waals surface area contributed by atoms with E-state index in [2.05, 4.69) is 22.1 Å². The molecule has 1 aromatic heterocycles. The summed E-state index contributed by atoms with van der Waals surface area (Å²) >= 11 is 6.47. The van der Waals surface area contributed by atoms with Crippen LogP contribution in [0.1, 0.15) is 24.5 Å². The molecule has 1 N–H and O–H groups in total. The highest BCUT2D eigenvalue weighted by Gasteiger charge is 2.15. The third kappa shape index (κ3) is 4.85. The first-order valence-corrected chi connectivity index (χ1v) is 9.56. The van der Waals surface area contributed by atoms with Gasteiger partial charge >= 0.3 is 0 Å². The van der Waals surface area contributed by atoms with E-state index in [0.717, 1.165) is 40.7 Å². The van der Waals surface area contributed by atoms with Gasteiger partial charge in [0.25, 0.3) is 0 Å². The van der Waals surface area contributed by atoms with Crippen molar-refractivity contribution in [3.8, 4) is 0 Å². The highest BCUT2D eigenvalue weighted by molar-refractivity contribution is 6.32. The van der Waals surface area contributed by atoms with Crippen molar-refractivity contribution in [1.82, 2.24) is 9.88 Å². The van der Waals surface area contributed by atoms with Crippen molar-refractivity contribution in [2.75, 3.05) is 18.4 Å². The third-order valence-electron chi connectivity index (χ3n) is 4.53. The van der Waals surface area contributed by atoms with Gasteiger partial charge in [-0.25, -0.2) is 0 Å². The minimum absolute atomic E-state index is 0.0259. The number of pyridine rings is 1. The van der Waals surface area contributed by atoms with Crippen LogP contribution in [-0.2, 0) is 11.3 Å². The molecule has 0 saturated heterocycles. The maximum absolute atomic E-state index is 12.6. The molecule has 1 heterocycles. The van der Waals surface area contributed by atoms with Crippen LogP contribution in [0.2, 0.25) is 5.02 Å². The molecule has 0 aliphatic rings. The number of halogens is 1. The van der Waals surface area contributed by atoms with Gasteiger partial charge in [-0.2, -0.15) is 0 Å². The number of carbonyl (C=O) groups is 1. The Labute approximate surface area is 165 Å². The van der Waals surface area contributed by atoms with Crippen LogP contribution < -0.4 is 5.32 Å². The van der Waals surface area contributed by atoms with Crippen molar-refractivity contribution in [2.45, 2.75) is 26.8 Å². The SMILES string of the molecule is CCCN(CC(=O)Nc1ccccc1C)Cc1c(Cl)ccc2cccnc12. The van der Waals surface area contributed by atoms with Gasteiger partial charge in [0.05, 0.1) is 12.1 Å². The second kappa shape index (κ2) is 8.98. The van der Waals surface area contributed by atoms with Gasteiger partial charge < -0.3 is 5.32 Å². The van der Waals surface area contributed by atoms with E-state index in [1.54, 1.807) is 6.20 Å². The van der Waals surface area contributed by atoms with E-state index in [0.29, 0.717) is 18.1 Å². The van der Waals surface area contributed by atoms with Gasteiger partial charge in [-0.1, -0.05) is 48.9 Å². The Hall–Kier alpha value is -2.43. The minimum atomic E-state index is -0.0259. The fourth-order valence-electron chi connectivity index (χ4n) is 3.19. The number of nitrogens with zero attached hydrogens (tertiary/aromatic N) is 2. The van der Waals surface area contributed by atoms with Gasteiger partial charge in [0.2, 0.25) is 5.91 Å². The Bertz CT molecular complexity index is 942. The molecule has 4 nitrogen and oxygen atoms in total. The maximum Gasteiger partial charge on any atom is 0.238 e. The Kier molecular flexibility index (Phi) is 6.43. The largest absolute Gasteiger partial charge is 0.325 e. The molecule has 0 aliphatic heterocycles. The quantitative estimate of drug-likeness (QED) is 0.623. The highest BCUT2D eigenvalue weighted by atomic mass is 35.5. The van der Waals surface area contributed by atoms with Crippen LogP contribution in [0, 0.1) is 6.92 Å². The van der Waals surface area contributed by atoms with Gasteiger partial charge in [0, 0.05) is 34.4 Å². The van der Waals surface area contributed by atoms with Gasteiger partial charge in [0.15, 0.2) is 0 Å². The molecule has 0 radical (unpaired) electrons. The molecule has 3 aromatic rings. The van der Waals surface area contributed by atoms with E-state index < -0.39 is 0 Å². The Morgan fingerprint density at radius 3 is 2.74 bits per heavy atom. The summed E-state index contributed by atoms with van der Waals surface area (Å²) < 4.78 is 0. The van der Waals surface area contributed by atoms with E-state index in [1.165, 1.54) is 0 Å². The van der Waals surface area contributed by atoms with Crippen LogP contribution >= 0.6 is 11.6 Å². The van der Waals surface area contributed by atoms with E-state index in [1.807, 2.05) is 55.5 Å². The summed E-state index contributed by atoms with van der Waals surface area (Å²) in [5.41, 5.74) is 3.76. The molecule has 0 unspecified atom stereocenters. The molecular weight excluding hydrogens is 358 g/mol. The first-order chi connectivity index (χ1) is 13.1. The van der Waals surface area contributed by atoms with E-state index >= 15 is 0 Å². The summed E-state index contributed by atoms with van der Waals surface area (Å²) in [7, 11) is 0. The lowest BCUT2D eigenvalue weighted by Crippen LogP contribution is -2.33. The molecule has 0 aliphatic carbocycles. The number of carbonyl (C=O) groups excluding carboxylic acids is 1. The lowest BCUT2D eigenvalue weighted by molar-refractivity contribution is -0.117. The lowest BCUT2D eigenvalue weighted by atomic mass is 10.1. The van der Waals surface area contributed by atoms with Crippen LogP contribution in [0.5, 0.6) is 0 Å². The molecule has 0 saturated carbocycles. The van der Waals surface area contributed by atoms with E-state index in [4.69, 9.17) is 11.6 Å². The molecule has 0 spiro atoms. The second-order valence-corrected chi connectivity index (χ2v) is 7.08. The maximum atomic E-state index is 12.6. The van der Waals surface area contributed by atoms with E-state index in [9.17, 15) is 4.79 Å². The summed E-state index contributed by atoms with van der Waals surface area (Å²) in [5, 5.41) is 4.74. The second-order valence-electron chi connectivity index (χ2n) is 6.67. The van der Waals surface area contributed by atoms with Crippen LogP contribution in [0.25, 0.3) is 10.9 Å². The first-order valence-electron chi connectivity index (χ1n) is 9.18. The van der Waals surface area contributed by atoms with Crippen molar-refractivity contribution >= 4 is 34.1 Å². The molecular formula is C22H24ClN3O. The zero-order valence-electron chi connectivity index (χ0n) is 15.7. The summed E-state index contributed by atoms with van der Waals surface area (Å²) in [6.07, 6.45) is 2.73. The predicted molar refractivity (Wildman–Crippen MR) is 112 cm³/mol. The van der Waals surface area contributed by atoms with Crippen molar-refractivity contribution in [2.24, 2.45) is 0 Å². The third-order valence-corrected chi connectivity index (χ3v) is 4.88. The number of aryl methyl sites for hydroxylation is 1. The van der Waals surface area contributed by atoms with Crippen molar-refractivity contribution in [3.05, 3.63) is 70.9 Å². The zero-order chi connectivity index (χ0) is 19.2. The van der Waals surface area contributed by atoms with Gasteiger partial charge in [0.1, 0.15) is 0 Å². The van der Waals surface area contributed by atoms with Crippen LogP contribution in [-0.4, -0.2) is 28.9 Å². The first kappa shape index (κ1) is 19.3. The smallest absolute Gasteiger partial charge is 0.238 e. The van der Waals surface area contributed by atoms with Crippen LogP contribution in [0.4, 0.5) is 5.69 Å². The van der Waals surface area contributed by atoms with Gasteiger partial charge in [-0.3, -0.25) is 14.7 Å². The lowest BCUT2D eigenvalue weighted by Gasteiger charge is -2.22. The molecule has 0 bridgehead atoms. The van der Waals surface area contributed by atoms with Crippen LogP contribution in [0.15, 0.2) is 54.7 Å². The average Bonchev–Trinajstić information content (AvgIpc) is 2.66. The summed E-state index contributed by atoms with van der Waals surface area (Å²) in [6, 6.07) is 15.6. The summed E-state index contributed by atoms with van der Waals surface area (Å²) in [6.45, 7) is 5.79. The molecule has 2 aromatic carbocycles. The topological polar surface area (TPSA) is 45.2 Å². The predicted octanol–water partition coefficient (Wildman–Crippen LogP) is 5.05. The number of fused-ring (bicyclic) bond motifs is 1. The standard InChI is InChI=1S/C22H24ClN3O/c1-3-13-26(15-21(27)25-20-9-5-4-7-16(20)2)14-18-19(23)11-10-17-8-6-12-24-22(17)18/h4-12H,3,13-15H2,1-2H3,(H,25,27). The van der Waals surface area contributed by atoms with Crippen molar-refractivity contribution < 1.29 is 4.79 Å². The summed E-state index contributed by atoms with van der Waals surface area (Å²) in [5.74, 6) is -0.0259. The van der Waals surface area contributed by atoms with Gasteiger partial charge in [-0.15, -0.1) is 0 Å². The molecule has 3 rings (SSSR count). The summed E-state index contributed by atoms with van der Waals surface area (Å²) in [4.78, 5) is 19.2. The van der Waals surface area contributed by atoms with Crippen LogP contribution in [0.3, 0.4) is 0 Å². The Morgan fingerprint density at radius 2 is 1.96 bits per heavy atom. The van der Waals surface area contributed by atoms with E-state index in [-0.39, 0.29) is 5.91 Å². The van der Waals surface area contributed by atoms with Crippen molar-refractivity contribution in [3.63, 3.8) is 0 Å². The fraction of sp³-hybridized carbons (Fsp3) is 0.273. The van der Waals surface area contributed by atoms with Gasteiger partial charge in [-0.05, 0) is 43.7 Å². The Balaban J connectivity index is 1.77. The monoisotopic (exact) mass is 381 g/mol. The number of hydrogen-bond donors (Lipinski definition) is 1.